The van der Waals surface area contributed by atoms with Crippen LogP contribution in [0, 0.1) is 5.82 Å². The van der Waals surface area contributed by atoms with Crippen molar-refractivity contribution in [3.05, 3.63) is 29.0 Å². The monoisotopic (exact) mass is 260 g/mol. The molecule has 1 aromatic rings. The van der Waals surface area contributed by atoms with Gasteiger partial charge in [-0.3, -0.25) is 9.59 Å². The van der Waals surface area contributed by atoms with Crippen LogP contribution < -0.4 is 11.1 Å². The topological polar surface area (TPSA) is 92.4 Å². The maximum absolute atomic E-state index is 13.3. The van der Waals surface area contributed by atoms with Gasteiger partial charge in [0.15, 0.2) is 0 Å². The van der Waals surface area contributed by atoms with Crippen LogP contribution in [0.5, 0.6) is 0 Å². The molecule has 0 bridgehead atoms. The molecule has 0 aliphatic rings. The van der Waals surface area contributed by atoms with Gasteiger partial charge in [0.25, 0.3) is 0 Å². The first kappa shape index (κ1) is 13.4. The second-order valence-electron chi connectivity index (χ2n) is 3.32. The zero-order valence-corrected chi connectivity index (χ0v) is 9.37. The summed E-state index contributed by atoms with van der Waals surface area (Å²) in [6, 6.07) is 2.45. The lowest BCUT2D eigenvalue weighted by Crippen LogP contribution is -2.37. The van der Waals surface area contributed by atoms with Gasteiger partial charge in [-0.25, -0.2) is 4.39 Å². The maximum Gasteiger partial charge on any atom is 0.305 e. The molecule has 4 N–H and O–H groups in total. The number of amides is 1. The van der Waals surface area contributed by atoms with Crippen molar-refractivity contribution < 1.29 is 19.1 Å². The van der Waals surface area contributed by atoms with E-state index in [1.165, 1.54) is 12.1 Å². The maximum atomic E-state index is 13.3. The molecule has 1 unspecified atom stereocenters. The number of hydrogen-bond donors (Lipinski definition) is 3. The van der Waals surface area contributed by atoms with Gasteiger partial charge in [0.1, 0.15) is 5.82 Å². The van der Waals surface area contributed by atoms with Crippen molar-refractivity contribution in [3.63, 3.8) is 0 Å². The zero-order chi connectivity index (χ0) is 13.0. The molecule has 0 aliphatic heterocycles. The highest BCUT2D eigenvalue weighted by Crippen LogP contribution is 2.18. The number of benzene rings is 1. The lowest BCUT2D eigenvalue weighted by atomic mass is 10.2. The Bertz CT molecular complexity index is 453. The first-order valence-electron chi connectivity index (χ1n) is 4.63. The van der Waals surface area contributed by atoms with E-state index in [1.54, 1.807) is 0 Å². The van der Waals surface area contributed by atoms with Crippen LogP contribution in [0.4, 0.5) is 10.1 Å². The Balaban J connectivity index is 2.71. The van der Waals surface area contributed by atoms with Gasteiger partial charge in [0.05, 0.1) is 18.2 Å². The summed E-state index contributed by atoms with van der Waals surface area (Å²) in [7, 11) is 0. The molecule has 1 amide bonds. The summed E-state index contributed by atoms with van der Waals surface area (Å²) < 4.78 is 13.3. The van der Waals surface area contributed by atoms with Crippen LogP contribution in [0.1, 0.15) is 6.42 Å². The Kier molecular flexibility index (Phi) is 4.42. The van der Waals surface area contributed by atoms with Gasteiger partial charge in [-0.15, -0.1) is 0 Å². The smallest absolute Gasteiger partial charge is 0.305 e. The molecule has 0 spiro atoms. The second-order valence-corrected chi connectivity index (χ2v) is 3.75. The summed E-state index contributed by atoms with van der Waals surface area (Å²) in [5, 5.41) is 10.8. The number of carboxylic acids is 1. The Morgan fingerprint density at radius 2 is 2.18 bits per heavy atom. The highest BCUT2D eigenvalue weighted by molar-refractivity contribution is 6.30. The number of carbonyl (C=O) groups excluding carboxylic acids is 1. The summed E-state index contributed by atoms with van der Waals surface area (Å²) in [4.78, 5) is 21.7. The number of aliphatic carboxylic acids is 1. The van der Waals surface area contributed by atoms with E-state index in [-0.39, 0.29) is 10.7 Å². The quantitative estimate of drug-likeness (QED) is 0.759. The molecule has 0 saturated carbocycles. The molecular weight excluding hydrogens is 251 g/mol. The minimum atomic E-state index is -1.23. The Hall–Kier alpha value is -1.66. The number of carbonyl (C=O) groups is 2. The molecule has 17 heavy (non-hydrogen) atoms. The van der Waals surface area contributed by atoms with Crippen molar-refractivity contribution in [1.29, 1.82) is 0 Å². The first-order chi connectivity index (χ1) is 7.90. The summed E-state index contributed by atoms with van der Waals surface area (Å²) in [6.07, 6.45) is -0.527. The van der Waals surface area contributed by atoms with Crippen molar-refractivity contribution in [2.75, 3.05) is 5.32 Å². The Labute approximate surface area is 101 Å². The summed E-state index contributed by atoms with van der Waals surface area (Å²) in [5.74, 6) is -2.69. The van der Waals surface area contributed by atoms with Crippen LogP contribution in [0.2, 0.25) is 5.02 Å². The number of carboxylic acid groups (broad SMARTS) is 1. The van der Waals surface area contributed by atoms with Gasteiger partial charge in [0, 0.05) is 5.02 Å². The molecule has 7 heteroatoms. The number of hydrogen-bond acceptors (Lipinski definition) is 3. The van der Waals surface area contributed by atoms with E-state index in [9.17, 15) is 14.0 Å². The van der Waals surface area contributed by atoms with Crippen molar-refractivity contribution in [1.82, 2.24) is 0 Å². The fraction of sp³-hybridized carbons (Fsp3) is 0.200. The number of halogens is 2. The Morgan fingerprint density at radius 3 is 2.71 bits per heavy atom. The van der Waals surface area contributed by atoms with Crippen molar-refractivity contribution in [2.45, 2.75) is 12.5 Å². The standard InChI is InChI=1S/C10H10ClFN2O3/c11-5-1-2-8(6(12)3-5)14-10(17)7(13)4-9(15)16/h1-3,7H,4,13H2,(H,14,17)(H,15,16). The molecule has 0 heterocycles. The van der Waals surface area contributed by atoms with E-state index < -0.39 is 30.2 Å². The lowest BCUT2D eigenvalue weighted by Gasteiger charge is -2.10. The molecule has 0 radical (unpaired) electrons. The van der Waals surface area contributed by atoms with Crippen molar-refractivity contribution in [2.24, 2.45) is 5.73 Å². The summed E-state index contributed by atoms with van der Waals surface area (Å²) in [5.41, 5.74) is 5.21. The van der Waals surface area contributed by atoms with E-state index in [2.05, 4.69) is 5.32 Å². The molecule has 0 aromatic heterocycles. The highest BCUT2D eigenvalue weighted by atomic mass is 35.5. The van der Waals surface area contributed by atoms with Crippen LogP contribution in [-0.2, 0) is 9.59 Å². The van der Waals surface area contributed by atoms with E-state index >= 15 is 0 Å². The van der Waals surface area contributed by atoms with Crippen molar-refractivity contribution in [3.8, 4) is 0 Å². The van der Waals surface area contributed by atoms with Gasteiger partial charge in [-0.05, 0) is 18.2 Å². The highest BCUT2D eigenvalue weighted by Gasteiger charge is 2.18. The molecule has 0 fully saturated rings. The number of rotatable bonds is 4. The zero-order valence-electron chi connectivity index (χ0n) is 8.61. The minimum absolute atomic E-state index is 0.0970. The predicted molar refractivity (Wildman–Crippen MR) is 60.3 cm³/mol. The largest absolute Gasteiger partial charge is 0.481 e. The average molecular weight is 261 g/mol. The van der Waals surface area contributed by atoms with E-state index in [4.69, 9.17) is 22.4 Å². The fourth-order valence-corrected chi connectivity index (χ4v) is 1.26. The summed E-state index contributed by atoms with van der Waals surface area (Å²) in [6.45, 7) is 0. The third kappa shape index (κ3) is 4.01. The van der Waals surface area contributed by atoms with Crippen LogP contribution in [0.15, 0.2) is 18.2 Å². The van der Waals surface area contributed by atoms with Gasteiger partial charge < -0.3 is 16.2 Å². The molecule has 0 saturated heterocycles. The third-order valence-corrected chi connectivity index (χ3v) is 2.16. The average Bonchev–Trinajstić information content (AvgIpc) is 2.21. The minimum Gasteiger partial charge on any atom is -0.481 e. The van der Waals surface area contributed by atoms with E-state index in [0.29, 0.717) is 0 Å². The van der Waals surface area contributed by atoms with E-state index in [1.807, 2.05) is 0 Å². The van der Waals surface area contributed by atoms with Crippen molar-refractivity contribution >= 4 is 29.2 Å². The molecule has 1 aromatic carbocycles. The normalized spacial score (nSPS) is 11.9. The van der Waals surface area contributed by atoms with Crippen LogP contribution in [0.3, 0.4) is 0 Å². The predicted octanol–water partition coefficient (Wildman–Crippen LogP) is 1.22. The van der Waals surface area contributed by atoms with Crippen LogP contribution >= 0.6 is 11.6 Å². The Morgan fingerprint density at radius 1 is 1.53 bits per heavy atom. The van der Waals surface area contributed by atoms with Gasteiger partial charge >= 0.3 is 5.97 Å². The molecule has 1 rings (SSSR count). The van der Waals surface area contributed by atoms with Gasteiger partial charge in [0.2, 0.25) is 5.91 Å². The van der Waals surface area contributed by atoms with Crippen LogP contribution in [0.25, 0.3) is 0 Å². The van der Waals surface area contributed by atoms with Gasteiger partial charge in [-0.1, -0.05) is 11.6 Å². The number of nitrogens with two attached hydrogens (primary N) is 1. The number of nitrogens with one attached hydrogen (secondary N) is 1. The fourth-order valence-electron chi connectivity index (χ4n) is 1.10. The SMILES string of the molecule is NC(CC(=O)O)C(=O)Nc1ccc(Cl)cc1F. The van der Waals surface area contributed by atoms with E-state index in [0.717, 1.165) is 6.07 Å². The molecular formula is C10H10ClFN2O3. The molecule has 92 valence electrons. The molecule has 5 nitrogen and oxygen atoms in total. The van der Waals surface area contributed by atoms with Crippen LogP contribution in [-0.4, -0.2) is 23.0 Å². The molecule has 0 aliphatic carbocycles. The first-order valence-corrected chi connectivity index (χ1v) is 5.01. The molecule has 1 atom stereocenters. The summed E-state index contributed by atoms with van der Waals surface area (Å²) >= 11 is 5.53. The van der Waals surface area contributed by atoms with Gasteiger partial charge in [-0.2, -0.15) is 0 Å². The third-order valence-electron chi connectivity index (χ3n) is 1.92. The second kappa shape index (κ2) is 5.60. The number of anilines is 1. The lowest BCUT2D eigenvalue weighted by molar-refractivity contribution is -0.138.